The second kappa shape index (κ2) is 6.59. The van der Waals surface area contributed by atoms with Gasteiger partial charge in [0.2, 0.25) is 0 Å². The van der Waals surface area contributed by atoms with E-state index in [4.69, 9.17) is 0 Å². The lowest BCUT2D eigenvalue weighted by atomic mass is 10.1. The van der Waals surface area contributed by atoms with Crippen molar-refractivity contribution >= 4 is 22.9 Å². The Morgan fingerprint density at radius 3 is 2.93 bits per heavy atom. The summed E-state index contributed by atoms with van der Waals surface area (Å²) in [7, 11) is 0. The van der Waals surface area contributed by atoms with Crippen molar-refractivity contribution in [2.24, 2.45) is 0 Å². The van der Waals surface area contributed by atoms with E-state index in [1.54, 1.807) is 6.20 Å². The third kappa shape index (κ3) is 3.00. The molecule has 0 aliphatic carbocycles. The van der Waals surface area contributed by atoms with Crippen LogP contribution >= 0.6 is 11.3 Å². The summed E-state index contributed by atoms with van der Waals surface area (Å²) in [5.74, 6) is 1.09. The molecule has 5 rings (SSSR count). The van der Waals surface area contributed by atoms with Crippen LogP contribution in [0.3, 0.4) is 0 Å². The van der Waals surface area contributed by atoms with Crippen molar-refractivity contribution in [1.82, 2.24) is 24.5 Å². The zero-order chi connectivity index (χ0) is 18.2. The number of carbonyl (C=O) groups excluding carboxylic acids is 1. The zero-order valence-corrected chi connectivity index (χ0v) is 15.3. The zero-order valence-electron chi connectivity index (χ0n) is 14.5. The maximum Gasteiger partial charge on any atom is 0.263 e. The average Bonchev–Trinajstić information content (AvgIpc) is 3.47. The van der Waals surface area contributed by atoms with Gasteiger partial charge in [-0.2, -0.15) is 5.10 Å². The molecule has 0 aromatic carbocycles. The molecular weight excluding hydrogens is 358 g/mol. The summed E-state index contributed by atoms with van der Waals surface area (Å²) in [5, 5.41) is 6.62. The highest BCUT2D eigenvalue weighted by molar-refractivity contribution is 7.12. The summed E-state index contributed by atoms with van der Waals surface area (Å²) in [6, 6.07) is 11.7. The van der Waals surface area contributed by atoms with Crippen LogP contribution in [0.15, 0.2) is 60.4 Å². The van der Waals surface area contributed by atoms with Gasteiger partial charge >= 0.3 is 0 Å². The van der Waals surface area contributed by atoms with Crippen molar-refractivity contribution in [2.45, 2.75) is 12.3 Å². The maximum absolute atomic E-state index is 12.5. The fourth-order valence-corrected chi connectivity index (χ4v) is 4.18. The first-order valence-corrected chi connectivity index (χ1v) is 9.75. The molecule has 134 valence electrons. The second-order valence-corrected chi connectivity index (χ2v) is 7.59. The fraction of sp³-hybridized carbons (Fsp3) is 0.200. The number of likely N-dealkylation sites (tertiary alicyclic amines) is 1. The molecule has 0 bridgehead atoms. The van der Waals surface area contributed by atoms with Crippen LogP contribution in [-0.2, 0) is 0 Å². The first kappa shape index (κ1) is 16.1. The smallest absolute Gasteiger partial charge is 0.263 e. The summed E-state index contributed by atoms with van der Waals surface area (Å²) in [5.41, 5.74) is 2.92. The molecule has 6 nitrogen and oxygen atoms in total. The predicted octanol–water partition coefficient (Wildman–Crippen LogP) is 3.48. The van der Waals surface area contributed by atoms with E-state index in [-0.39, 0.29) is 11.8 Å². The second-order valence-electron chi connectivity index (χ2n) is 6.65. The molecule has 1 aliphatic heterocycles. The number of nitrogens with zero attached hydrogens (tertiary/aromatic N) is 5. The number of aromatic nitrogens is 4. The molecule has 1 atom stereocenters. The third-order valence-electron chi connectivity index (χ3n) is 4.91. The van der Waals surface area contributed by atoms with Gasteiger partial charge in [-0.1, -0.05) is 12.1 Å². The lowest BCUT2D eigenvalue weighted by molar-refractivity contribution is 0.0795. The van der Waals surface area contributed by atoms with Gasteiger partial charge in [-0.05, 0) is 36.1 Å². The number of carbonyl (C=O) groups is 1. The minimum atomic E-state index is 0.107. The van der Waals surface area contributed by atoms with Gasteiger partial charge in [0, 0.05) is 48.7 Å². The van der Waals surface area contributed by atoms with E-state index in [2.05, 4.69) is 15.1 Å². The third-order valence-corrected chi connectivity index (χ3v) is 5.77. The van der Waals surface area contributed by atoms with Crippen molar-refractivity contribution < 1.29 is 4.79 Å². The van der Waals surface area contributed by atoms with E-state index >= 15 is 0 Å². The SMILES string of the molecule is O=C(c1cccs1)N1CC[C@@H](c2nc3ccc(-c4cccnc4)cn3n2)C1. The van der Waals surface area contributed by atoms with Gasteiger partial charge in [-0.3, -0.25) is 9.78 Å². The molecule has 7 heteroatoms. The highest BCUT2D eigenvalue weighted by atomic mass is 32.1. The number of rotatable bonds is 3. The van der Waals surface area contributed by atoms with E-state index in [1.807, 2.05) is 63.6 Å². The summed E-state index contributed by atoms with van der Waals surface area (Å²) < 4.78 is 1.82. The van der Waals surface area contributed by atoms with Crippen molar-refractivity contribution in [3.05, 3.63) is 71.1 Å². The van der Waals surface area contributed by atoms with Gasteiger partial charge in [0.1, 0.15) is 0 Å². The minimum absolute atomic E-state index is 0.107. The fourth-order valence-electron chi connectivity index (χ4n) is 3.49. The van der Waals surface area contributed by atoms with E-state index in [0.29, 0.717) is 6.54 Å². The number of hydrogen-bond acceptors (Lipinski definition) is 5. The average molecular weight is 375 g/mol. The number of fused-ring (bicyclic) bond motifs is 1. The lowest BCUT2D eigenvalue weighted by Gasteiger charge is -2.14. The standard InChI is InChI=1S/C20H17N5OS/c26-20(17-4-2-10-27-17)24-9-7-16(12-24)19-22-18-6-5-15(13-25(18)23-19)14-3-1-8-21-11-14/h1-6,8,10-11,13,16H,7,9,12H2/t16-/m1/s1. The molecule has 0 unspecified atom stereocenters. The molecule has 0 N–H and O–H groups in total. The topological polar surface area (TPSA) is 63.4 Å². The van der Waals surface area contributed by atoms with Gasteiger partial charge < -0.3 is 4.90 Å². The molecule has 1 fully saturated rings. The normalized spacial score (nSPS) is 16.9. The Balaban J connectivity index is 1.39. The lowest BCUT2D eigenvalue weighted by Crippen LogP contribution is -2.27. The van der Waals surface area contributed by atoms with E-state index in [1.165, 1.54) is 11.3 Å². The number of thiophene rings is 1. The number of amides is 1. The predicted molar refractivity (Wildman–Crippen MR) is 104 cm³/mol. The van der Waals surface area contributed by atoms with E-state index in [0.717, 1.165) is 40.4 Å². The van der Waals surface area contributed by atoms with Crippen LogP contribution in [0.1, 0.15) is 27.8 Å². The van der Waals surface area contributed by atoms with Crippen LogP contribution in [0.25, 0.3) is 16.8 Å². The molecule has 1 amide bonds. The van der Waals surface area contributed by atoms with E-state index in [9.17, 15) is 4.79 Å². The van der Waals surface area contributed by atoms with Gasteiger partial charge in [-0.15, -0.1) is 11.3 Å². The first-order valence-electron chi connectivity index (χ1n) is 8.87. The molecule has 0 spiro atoms. The van der Waals surface area contributed by atoms with Crippen LogP contribution in [0.4, 0.5) is 0 Å². The van der Waals surface area contributed by atoms with Crippen molar-refractivity contribution in [1.29, 1.82) is 0 Å². The molecule has 4 aromatic heterocycles. The Kier molecular flexibility index (Phi) is 3.94. The molecule has 1 aliphatic rings. The van der Waals surface area contributed by atoms with Crippen molar-refractivity contribution in [3.63, 3.8) is 0 Å². The molecular formula is C20H17N5OS. The van der Waals surface area contributed by atoms with Gasteiger partial charge in [-0.25, -0.2) is 9.50 Å². The van der Waals surface area contributed by atoms with Gasteiger partial charge in [0.15, 0.2) is 11.5 Å². The van der Waals surface area contributed by atoms with Gasteiger partial charge in [0.25, 0.3) is 5.91 Å². The van der Waals surface area contributed by atoms with Crippen LogP contribution in [0, 0.1) is 0 Å². The van der Waals surface area contributed by atoms with Crippen LogP contribution in [0.2, 0.25) is 0 Å². The number of pyridine rings is 2. The summed E-state index contributed by atoms with van der Waals surface area (Å²) in [4.78, 5) is 24.1. The highest BCUT2D eigenvalue weighted by Gasteiger charge is 2.30. The quantitative estimate of drug-likeness (QED) is 0.550. The Hall–Kier alpha value is -3.06. The molecule has 5 heterocycles. The van der Waals surface area contributed by atoms with Gasteiger partial charge in [0.05, 0.1) is 4.88 Å². The summed E-state index contributed by atoms with van der Waals surface area (Å²) in [6.07, 6.45) is 6.47. The minimum Gasteiger partial charge on any atom is -0.337 e. The molecule has 0 radical (unpaired) electrons. The summed E-state index contributed by atoms with van der Waals surface area (Å²) >= 11 is 1.49. The van der Waals surface area contributed by atoms with Crippen LogP contribution < -0.4 is 0 Å². The Morgan fingerprint density at radius 1 is 1.15 bits per heavy atom. The van der Waals surface area contributed by atoms with Crippen molar-refractivity contribution in [2.75, 3.05) is 13.1 Å². The molecule has 4 aromatic rings. The van der Waals surface area contributed by atoms with E-state index < -0.39 is 0 Å². The Morgan fingerprint density at radius 2 is 2.11 bits per heavy atom. The molecule has 27 heavy (non-hydrogen) atoms. The molecule has 0 saturated carbocycles. The summed E-state index contributed by atoms with van der Waals surface area (Å²) in [6.45, 7) is 1.42. The van der Waals surface area contributed by atoms with Crippen LogP contribution in [0.5, 0.6) is 0 Å². The Labute approximate surface area is 160 Å². The maximum atomic E-state index is 12.5. The first-order chi connectivity index (χ1) is 13.3. The van der Waals surface area contributed by atoms with Crippen LogP contribution in [-0.4, -0.2) is 43.5 Å². The monoisotopic (exact) mass is 375 g/mol. The number of hydrogen-bond donors (Lipinski definition) is 0. The largest absolute Gasteiger partial charge is 0.337 e. The Bertz CT molecular complexity index is 1090. The van der Waals surface area contributed by atoms with Crippen molar-refractivity contribution in [3.8, 4) is 11.1 Å². The highest BCUT2D eigenvalue weighted by Crippen LogP contribution is 2.28. The molecule has 1 saturated heterocycles.